The maximum Gasteiger partial charge on any atom is 0.290 e. The Balaban J connectivity index is 2.62. The molecule has 1 aromatic heterocycles. The van der Waals surface area contributed by atoms with Gasteiger partial charge in [0.15, 0.2) is 0 Å². The molecule has 1 rings (SSSR count). The van der Waals surface area contributed by atoms with E-state index in [1.165, 1.54) is 12.1 Å². The number of aryl methyl sites for hydroxylation is 1. The highest BCUT2D eigenvalue weighted by Gasteiger charge is 2.15. The van der Waals surface area contributed by atoms with Gasteiger partial charge < -0.3 is 15.4 Å². The van der Waals surface area contributed by atoms with Crippen LogP contribution in [-0.4, -0.2) is 42.1 Å². The van der Waals surface area contributed by atoms with Gasteiger partial charge in [-0.15, -0.1) is 0 Å². The quantitative estimate of drug-likeness (QED) is 0.436. The van der Waals surface area contributed by atoms with Crippen LogP contribution in [0.1, 0.15) is 12.6 Å². The minimum atomic E-state index is -0.500. The van der Waals surface area contributed by atoms with Crippen molar-refractivity contribution in [3.63, 3.8) is 0 Å². The first kappa shape index (κ1) is 15.8. The van der Waals surface area contributed by atoms with Crippen molar-refractivity contribution >= 4 is 17.4 Å². The molecule has 0 fully saturated rings. The molecule has 1 atom stereocenters. The summed E-state index contributed by atoms with van der Waals surface area (Å²) < 4.78 is 4.83. The highest BCUT2D eigenvalue weighted by atomic mass is 16.6. The molecule has 0 spiro atoms. The van der Waals surface area contributed by atoms with E-state index in [1.54, 1.807) is 21.0 Å². The van der Waals surface area contributed by atoms with Crippen LogP contribution in [0.2, 0.25) is 0 Å². The van der Waals surface area contributed by atoms with Crippen molar-refractivity contribution < 1.29 is 14.5 Å². The molecule has 0 bridgehead atoms. The van der Waals surface area contributed by atoms with Crippen molar-refractivity contribution in [2.75, 3.05) is 25.6 Å². The third kappa shape index (κ3) is 4.47. The van der Waals surface area contributed by atoms with Crippen LogP contribution in [0, 0.1) is 17.0 Å². The van der Waals surface area contributed by atoms with Crippen molar-refractivity contribution in [2.45, 2.75) is 19.9 Å². The topological polar surface area (TPSA) is 106 Å². The van der Waals surface area contributed by atoms with Crippen molar-refractivity contribution in [3.8, 4) is 0 Å². The van der Waals surface area contributed by atoms with Gasteiger partial charge in [0.2, 0.25) is 5.91 Å². The van der Waals surface area contributed by atoms with Crippen LogP contribution in [-0.2, 0) is 9.53 Å². The molecule has 1 unspecified atom stereocenters. The fourth-order valence-electron chi connectivity index (χ4n) is 1.54. The number of ether oxygens (including phenoxy) is 1. The fraction of sp³-hybridized carbons (Fsp3) is 0.500. The van der Waals surface area contributed by atoms with E-state index in [4.69, 9.17) is 4.74 Å². The summed E-state index contributed by atoms with van der Waals surface area (Å²) in [6.45, 7) is 4.09. The second kappa shape index (κ2) is 7.39. The van der Waals surface area contributed by atoms with Crippen molar-refractivity contribution in [1.29, 1.82) is 0 Å². The molecule has 20 heavy (non-hydrogen) atoms. The molecule has 0 radical (unpaired) electrons. The number of carbonyl (C=O) groups excluding carboxylic acids is 1. The van der Waals surface area contributed by atoms with Crippen LogP contribution in [0.15, 0.2) is 12.1 Å². The van der Waals surface area contributed by atoms with E-state index in [-0.39, 0.29) is 11.6 Å². The van der Waals surface area contributed by atoms with E-state index in [2.05, 4.69) is 15.6 Å². The second-order valence-corrected chi connectivity index (χ2v) is 4.21. The number of hydrogen-bond acceptors (Lipinski definition) is 6. The van der Waals surface area contributed by atoms with E-state index in [0.717, 1.165) is 0 Å². The number of amides is 1. The minimum Gasteiger partial charge on any atom is -0.383 e. The molecular weight excluding hydrogens is 264 g/mol. The van der Waals surface area contributed by atoms with Gasteiger partial charge in [0, 0.05) is 19.7 Å². The Hall–Kier alpha value is -2.22. The third-order valence-corrected chi connectivity index (χ3v) is 2.62. The summed E-state index contributed by atoms with van der Waals surface area (Å²) in [6.07, 6.45) is 0. The lowest BCUT2D eigenvalue weighted by Crippen LogP contribution is -2.39. The van der Waals surface area contributed by atoms with E-state index in [1.807, 2.05) is 0 Å². The lowest BCUT2D eigenvalue weighted by molar-refractivity contribution is -0.385. The van der Waals surface area contributed by atoms with Crippen LogP contribution in [0.25, 0.3) is 0 Å². The number of rotatable bonds is 7. The Morgan fingerprint density at radius 1 is 1.55 bits per heavy atom. The van der Waals surface area contributed by atoms with E-state index < -0.39 is 11.0 Å². The number of aromatic nitrogens is 1. The van der Waals surface area contributed by atoms with E-state index in [9.17, 15) is 14.9 Å². The van der Waals surface area contributed by atoms with Gasteiger partial charge in [-0.2, -0.15) is 0 Å². The summed E-state index contributed by atoms with van der Waals surface area (Å²) in [5.74, 6) is 0.224. The molecule has 1 amide bonds. The van der Waals surface area contributed by atoms with Crippen LogP contribution in [0.5, 0.6) is 0 Å². The summed E-state index contributed by atoms with van der Waals surface area (Å²) >= 11 is 0. The molecular formula is C12H18N4O4. The van der Waals surface area contributed by atoms with Gasteiger partial charge in [-0.1, -0.05) is 0 Å². The largest absolute Gasteiger partial charge is 0.383 e. The SMILES string of the molecule is COCCNC(=O)C(C)Nc1ccc([N+](=O)[O-])c(C)n1. The summed E-state index contributed by atoms with van der Waals surface area (Å²) in [5.41, 5.74) is 0.250. The lowest BCUT2D eigenvalue weighted by Gasteiger charge is -2.14. The molecule has 0 aromatic carbocycles. The number of pyridine rings is 1. The average molecular weight is 282 g/mol. The fourth-order valence-corrected chi connectivity index (χ4v) is 1.54. The zero-order valence-corrected chi connectivity index (χ0v) is 11.7. The van der Waals surface area contributed by atoms with Gasteiger partial charge >= 0.3 is 0 Å². The molecule has 0 aliphatic heterocycles. The van der Waals surface area contributed by atoms with Crippen LogP contribution in [0.4, 0.5) is 11.5 Å². The number of hydrogen-bond donors (Lipinski definition) is 2. The van der Waals surface area contributed by atoms with Crippen molar-refractivity contribution in [3.05, 3.63) is 27.9 Å². The summed E-state index contributed by atoms with van der Waals surface area (Å²) in [4.78, 5) is 26.0. The monoisotopic (exact) mass is 282 g/mol. The Bertz CT molecular complexity index is 492. The van der Waals surface area contributed by atoms with Gasteiger partial charge in [-0.25, -0.2) is 4.98 Å². The smallest absolute Gasteiger partial charge is 0.290 e. The Labute approximate surface area is 116 Å². The summed E-state index contributed by atoms with van der Waals surface area (Å²) in [7, 11) is 1.55. The first-order valence-electron chi connectivity index (χ1n) is 6.11. The maximum absolute atomic E-state index is 11.7. The second-order valence-electron chi connectivity index (χ2n) is 4.21. The molecule has 1 heterocycles. The lowest BCUT2D eigenvalue weighted by atomic mass is 10.3. The van der Waals surface area contributed by atoms with Gasteiger partial charge in [-0.3, -0.25) is 14.9 Å². The van der Waals surface area contributed by atoms with Crippen LogP contribution >= 0.6 is 0 Å². The zero-order chi connectivity index (χ0) is 15.1. The van der Waals surface area contributed by atoms with Crippen molar-refractivity contribution in [2.24, 2.45) is 0 Å². The van der Waals surface area contributed by atoms with E-state index in [0.29, 0.717) is 24.7 Å². The molecule has 0 aliphatic rings. The number of nitrogens with zero attached hydrogens (tertiary/aromatic N) is 2. The van der Waals surface area contributed by atoms with Crippen molar-refractivity contribution in [1.82, 2.24) is 10.3 Å². The molecule has 2 N–H and O–H groups in total. The highest BCUT2D eigenvalue weighted by Crippen LogP contribution is 2.18. The Kier molecular flexibility index (Phi) is 5.85. The highest BCUT2D eigenvalue weighted by molar-refractivity contribution is 5.83. The number of nitrogens with one attached hydrogen (secondary N) is 2. The Morgan fingerprint density at radius 2 is 2.25 bits per heavy atom. The number of carbonyl (C=O) groups is 1. The Morgan fingerprint density at radius 3 is 2.80 bits per heavy atom. The van der Waals surface area contributed by atoms with Gasteiger partial charge in [0.25, 0.3) is 5.69 Å². The first-order valence-corrected chi connectivity index (χ1v) is 6.11. The van der Waals surface area contributed by atoms with Gasteiger partial charge in [0.05, 0.1) is 11.5 Å². The first-order chi connectivity index (χ1) is 9.45. The summed E-state index contributed by atoms with van der Waals surface area (Å²) in [6, 6.07) is 2.34. The normalized spacial score (nSPS) is 11.8. The zero-order valence-electron chi connectivity index (χ0n) is 11.7. The standard InChI is InChI=1S/C12H18N4O4/c1-8-10(16(18)19)4-5-11(14-8)15-9(2)12(17)13-6-7-20-3/h4-5,9H,6-7H2,1-3H3,(H,13,17)(H,14,15). The van der Waals surface area contributed by atoms with Gasteiger partial charge in [0.1, 0.15) is 17.6 Å². The molecule has 8 nitrogen and oxygen atoms in total. The molecule has 110 valence electrons. The van der Waals surface area contributed by atoms with E-state index >= 15 is 0 Å². The minimum absolute atomic E-state index is 0.0484. The third-order valence-electron chi connectivity index (χ3n) is 2.62. The summed E-state index contributed by atoms with van der Waals surface area (Å²) in [5, 5.41) is 16.3. The molecule has 0 aliphatic carbocycles. The van der Waals surface area contributed by atoms with Crippen LogP contribution < -0.4 is 10.6 Å². The molecule has 1 aromatic rings. The van der Waals surface area contributed by atoms with Crippen LogP contribution in [0.3, 0.4) is 0 Å². The molecule has 8 heteroatoms. The molecule has 0 saturated carbocycles. The number of methoxy groups -OCH3 is 1. The number of anilines is 1. The maximum atomic E-state index is 11.7. The predicted molar refractivity (Wildman–Crippen MR) is 73.6 cm³/mol. The average Bonchev–Trinajstić information content (AvgIpc) is 2.38. The van der Waals surface area contributed by atoms with Gasteiger partial charge in [-0.05, 0) is 19.9 Å². The number of nitro groups is 1. The molecule has 0 saturated heterocycles. The predicted octanol–water partition coefficient (Wildman–Crippen LogP) is 0.861.